The van der Waals surface area contributed by atoms with Gasteiger partial charge >= 0.3 is 0 Å². The minimum atomic E-state index is -0.446. The van der Waals surface area contributed by atoms with Gasteiger partial charge in [-0.3, -0.25) is 9.59 Å². The summed E-state index contributed by atoms with van der Waals surface area (Å²) in [6, 6.07) is 11.9. The number of ketones is 1. The maximum Gasteiger partial charge on any atom is 0.236 e. The Morgan fingerprint density at radius 2 is 1.84 bits per heavy atom. The summed E-state index contributed by atoms with van der Waals surface area (Å²) in [5.74, 6) is -0.0858. The van der Waals surface area contributed by atoms with E-state index in [-0.39, 0.29) is 11.7 Å². The van der Waals surface area contributed by atoms with Gasteiger partial charge in [0.15, 0.2) is 5.78 Å². The lowest BCUT2D eigenvalue weighted by Gasteiger charge is -2.36. The molecule has 0 aliphatic carbocycles. The quantitative estimate of drug-likeness (QED) is 0.504. The summed E-state index contributed by atoms with van der Waals surface area (Å²) >= 11 is 0. The van der Waals surface area contributed by atoms with Crippen molar-refractivity contribution in [2.75, 3.05) is 58.8 Å². The molecule has 0 aromatic heterocycles. The highest BCUT2D eigenvalue weighted by Crippen LogP contribution is 2.20. The topological polar surface area (TPSA) is 53.1 Å². The first-order valence-electron chi connectivity index (χ1n) is 10.2. The molecule has 31 heavy (non-hydrogen) atoms. The molecular weight excluding hydrogens is 397 g/mol. The fraction of sp³-hybridized carbons (Fsp3) is 0.333. The van der Waals surface area contributed by atoms with Crippen molar-refractivity contribution >= 4 is 23.5 Å². The molecule has 0 bridgehead atoms. The number of halogens is 1. The standard InChI is InChI=1S/C24H28FN3O3/c1-26(2)17-24(30)28-13-11-27(12-14-28)20-6-4-5-19(15-20)23(29)10-8-18-7-9-21(31-3)16-22(18)25/h4-10,15-16H,11-14,17H2,1-3H3. The number of ether oxygens (including phenoxy) is 1. The Labute approximate surface area is 182 Å². The monoisotopic (exact) mass is 425 g/mol. The molecule has 0 N–H and O–H groups in total. The third-order valence-corrected chi connectivity index (χ3v) is 5.20. The van der Waals surface area contributed by atoms with Crippen molar-refractivity contribution in [1.29, 1.82) is 0 Å². The number of nitrogens with zero attached hydrogens (tertiary/aromatic N) is 3. The second kappa shape index (κ2) is 10.2. The van der Waals surface area contributed by atoms with Crippen LogP contribution in [0.25, 0.3) is 6.08 Å². The average Bonchev–Trinajstić information content (AvgIpc) is 2.77. The van der Waals surface area contributed by atoms with Crippen molar-refractivity contribution in [1.82, 2.24) is 9.80 Å². The predicted octanol–water partition coefficient (Wildman–Crippen LogP) is 2.94. The molecule has 3 rings (SSSR count). The van der Waals surface area contributed by atoms with Crippen molar-refractivity contribution in [3.8, 4) is 5.75 Å². The number of piperazine rings is 1. The van der Waals surface area contributed by atoms with Crippen LogP contribution in [0.2, 0.25) is 0 Å². The normalized spacial score (nSPS) is 14.4. The first kappa shape index (κ1) is 22.5. The molecule has 2 aromatic rings. The van der Waals surface area contributed by atoms with Crippen LogP contribution in [0.15, 0.2) is 48.5 Å². The summed E-state index contributed by atoms with van der Waals surface area (Å²) in [6.45, 7) is 3.14. The summed E-state index contributed by atoms with van der Waals surface area (Å²) < 4.78 is 19.1. The fourth-order valence-corrected chi connectivity index (χ4v) is 3.47. The zero-order chi connectivity index (χ0) is 22.4. The molecule has 0 atom stereocenters. The van der Waals surface area contributed by atoms with Gasteiger partial charge in [0, 0.05) is 49.1 Å². The van der Waals surface area contributed by atoms with Gasteiger partial charge in [0.2, 0.25) is 5.91 Å². The molecule has 0 spiro atoms. The Balaban J connectivity index is 1.64. The zero-order valence-corrected chi connectivity index (χ0v) is 18.2. The number of allylic oxidation sites excluding steroid dienone is 1. The number of methoxy groups -OCH3 is 1. The highest BCUT2D eigenvalue weighted by Gasteiger charge is 2.21. The Morgan fingerprint density at radius 1 is 1.10 bits per heavy atom. The fourth-order valence-electron chi connectivity index (χ4n) is 3.47. The number of benzene rings is 2. The average molecular weight is 426 g/mol. The van der Waals surface area contributed by atoms with Gasteiger partial charge in [-0.1, -0.05) is 12.1 Å². The number of hydrogen-bond donors (Lipinski definition) is 0. The van der Waals surface area contributed by atoms with Gasteiger partial charge in [-0.25, -0.2) is 4.39 Å². The van der Waals surface area contributed by atoms with Crippen LogP contribution in [-0.4, -0.2) is 75.4 Å². The molecule has 2 aromatic carbocycles. The van der Waals surface area contributed by atoms with Gasteiger partial charge in [-0.2, -0.15) is 0 Å². The lowest BCUT2D eigenvalue weighted by Crippen LogP contribution is -2.50. The van der Waals surface area contributed by atoms with Crippen LogP contribution in [-0.2, 0) is 4.79 Å². The van der Waals surface area contributed by atoms with Gasteiger partial charge < -0.3 is 19.4 Å². The van der Waals surface area contributed by atoms with Crippen molar-refractivity contribution in [2.24, 2.45) is 0 Å². The second-order valence-electron chi connectivity index (χ2n) is 7.74. The molecule has 1 saturated heterocycles. The van der Waals surface area contributed by atoms with Crippen LogP contribution < -0.4 is 9.64 Å². The van der Waals surface area contributed by atoms with E-state index in [1.165, 1.54) is 25.3 Å². The maximum atomic E-state index is 14.1. The first-order valence-corrected chi connectivity index (χ1v) is 10.2. The molecule has 1 aliphatic heterocycles. The summed E-state index contributed by atoms with van der Waals surface area (Å²) in [5, 5.41) is 0. The number of carbonyl (C=O) groups is 2. The van der Waals surface area contributed by atoms with E-state index in [0.29, 0.717) is 49.6 Å². The lowest BCUT2D eigenvalue weighted by molar-refractivity contribution is -0.132. The van der Waals surface area contributed by atoms with Crippen molar-refractivity contribution in [3.63, 3.8) is 0 Å². The van der Waals surface area contributed by atoms with E-state index in [4.69, 9.17) is 4.74 Å². The Morgan fingerprint density at radius 3 is 2.48 bits per heavy atom. The van der Waals surface area contributed by atoms with E-state index in [9.17, 15) is 14.0 Å². The van der Waals surface area contributed by atoms with Crippen LogP contribution in [0.1, 0.15) is 15.9 Å². The Bertz CT molecular complexity index is 966. The molecule has 1 heterocycles. The minimum Gasteiger partial charge on any atom is -0.497 e. The van der Waals surface area contributed by atoms with Gasteiger partial charge in [-0.05, 0) is 50.5 Å². The predicted molar refractivity (Wildman–Crippen MR) is 120 cm³/mol. The highest BCUT2D eigenvalue weighted by atomic mass is 19.1. The van der Waals surface area contributed by atoms with Gasteiger partial charge in [0.25, 0.3) is 0 Å². The second-order valence-corrected chi connectivity index (χ2v) is 7.74. The molecule has 7 heteroatoms. The Kier molecular flexibility index (Phi) is 7.41. The third-order valence-electron chi connectivity index (χ3n) is 5.20. The van der Waals surface area contributed by atoms with Gasteiger partial charge in [0.05, 0.1) is 13.7 Å². The molecule has 1 amide bonds. The first-order chi connectivity index (χ1) is 14.9. The van der Waals surface area contributed by atoms with Crippen molar-refractivity contribution in [3.05, 3.63) is 65.5 Å². The van der Waals surface area contributed by atoms with E-state index in [1.54, 1.807) is 18.2 Å². The Hall–Kier alpha value is -3.19. The summed E-state index contributed by atoms with van der Waals surface area (Å²) in [4.78, 5) is 30.8. The molecule has 0 unspecified atom stereocenters. The van der Waals surface area contributed by atoms with Gasteiger partial charge in [0.1, 0.15) is 11.6 Å². The smallest absolute Gasteiger partial charge is 0.236 e. The van der Waals surface area contributed by atoms with E-state index in [2.05, 4.69) is 4.90 Å². The van der Waals surface area contributed by atoms with Gasteiger partial charge in [-0.15, -0.1) is 0 Å². The van der Waals surface area contributed by atoms with Crippen molar-refractivity contribution < 1.29 is 18.7 Å². The molecule has 1 aliphatic rings. The summed E-state index contributed by atoms with van der Waals surface area (Å²) in [5.41, 5.74) is 1.80. The minimum absolute atomic E-state index is 0.129. The lowest BCUT2D eigenvalue weighted by atomic mass is 10.1. The number of hydrogen-bond acceptors (Lipinski definition) is 5. The summed E-state index contributed by atoms with van der Waals surface area (Å²) in [6.07, 6.45) is 2.85. The van der Waals surface area contributed by atoms with E-state index >= 15 is 0 Å². The number of anilines is 1. The third kappa shape index (κ3) is 5.92. The molecule has 6 nitrogen and oxygen atoms in total. The van der Waals surface area contributed by atoms with Crippen LogP contribution in [0.5, 0.6) is 5.75 Å². The number of amides is 1. The number of carbonyl (C=O) groups excluding carboxylic acids is 2. The SMILES string of the molecule is COc1ccc(C=CC(=O)c2cccc(N3CCN(C(=O)CN(C)C)CC3)c2)c(F)c1. The number of rotatable bonds is 7. The maximum absolute atomic E-state index is 14.1. The highest BCUT2D eigenvalue weighted by molar-refractivity contribution is 6.07. The van der Waals surface area contributed by atoms with Crippen LogP contribution in [0.4, 0.5) is 10.1 Å². The van der Waals surface area contributed by atoms with E-state index < -0.39 is 5.82 Å². The van der Waals surface area contributed by atoms with Crippen LogP contribution in [0, 0.1) is 5.82 Å². The largest absolute Gasteiger partial charge is 0.497 e. The summed E-state index contributed by atoms with van der Waals surface area (Å²) in [7, 11) is 5.24. The molecule has 1 fully saturated rings. The van der Waals surface area contributed by atoms with Crippen LogP contribution in [0.3, 0.4) is 0 Å². The van der Waals surface area contributed by atoms with Crippen LogP contribution >= 0.6 is 0 Å². The zero-order valence-electron chi connectivity index (χ0n) is 18.2. The van der Waals surface area contributed by atoms with Crippen molar-refractivity contribution in [2.45, 2.75) is 0 Å². The molecular formula is C24H28FN3O3. The molecule has 0 saturated carbocycles. The van der Waals surface area contributed by atoms with E-state index in [1.807, 2.05) is 42.1 Å². The number of likely N-dealkylation sites (N-methyl/N-ethyl adjacent to an activating group) is 1. The molecule has 164 valence electrons. The molecule has 0 radical (unpaired) electrons. The van der Waals surface area contributed by atoms with E-state index in [0.717, 1.165) is 5.69 Å².